The van der Waals surface area contributed by atoms with E-state index in [4.69, 9.17) is 14.2 Å². The van der Waals surface area contributed by atoms with Crippen molar-refractivity contribution in [3.8, 4) is 17.2 Å². The molecule has 6 nitrogen and oxygen atoms in total. The fourth-order valence-corrected chi connectivity index (χ4v) is 17.7. The molecule has 566 valence electrons. The van der Waals surface area contributed by atoms with Gasteiger partial charge in [0.05, 0.1) is 34.1 Å². The van der Waals surface area contributed by atoms with Crippen LogP contribution in [0.2, 0.25) is 0 Å². The molecule has 0 N–H and O–H groups in total. The van der Waals surface area contributed by atoms with E-state index in [2.05, 4.69) is 458 Å². The van der Waals surface area contributed by atoms with Crippen LogP contribution in [-0.2, 0) is 25.2 Å². The summed E-state index contributed by atoms with van der Waals surface area (Å²) in [6, 6.07) is 158. The van der Waals surface area contributed by atoms with Gasteiger partial charge in [-0.05, 0) is 251 Å². The number of ether oxygens (including phenoxy) is 3. The Morgan fingerprint density at radius 1 is 0.185 bits per heavy atom. The van der Waals surface area contributed by atoms with E-state index in [1.807, 2.05) is 0 Å². The van der Waals surface area contributed by atoms with E-state index in [0.29, 0.717) is 19.8 Å². The molecule has 0 atom stereocenters. The van der Waals surface area contributed by atoms with Gasteiger partial charge in [0.2, 0.25) is 0 Å². The van der Waals surface area contributed by atoms with Gasteiger partial charge in [-0.25, -0.2) is 0 Å². The van der Waals surface area contributed by atoms with Crippen LogP contribution in [-0.4, -0.2) is 0 Å². The third-order valence-corrected chi connectivity index (χ3v) is 24.0. The minimum absolute atomic E-state index is 0.390. The highest BCUT2D eigenvalue weighted by atomic mass is 16.5. The van der Waals surface area contributed by atoms with Gasteiger partial charge in [0, 0.05) is 54.8 Å². The molecule has 0 aliphatic heterocycles. The molecular weight excluding hydrogens is 1450 g/mol. The first-order valence-corrected chi connectivity index (χ1v) is 40.9. The summed E-state index contributed by atoms with van der Waals surface area (Å²) in [5, 5.41) is 21.6. The average molecular weight is 1530 g/mol. The van der Waals surface area contributed by atoms with Crippen molar-refractivity contribution in [1.82, 2.24) is 0 Å². The highest BCUT2D eigenvalue weighted by Crippen LogP contribution is 2.49. The van der Waals surface area contributed by atoms with Crippen LogP contribution < -0.4 is 28.9 Å². The van der Waals surface area contributed by atoms with Gasteiger partial charge in [-0.3, -0.25) is 0 Å². The number of hydrogen-bond acceptors (Lipinski definition) is 6. The smallest absolute Gasteiger partial charge is 0.119 e. The van der Waals surface area contributed by atoms with Gasteiger partial charge in [0.25, 0.3) is 0 Å². The summed E-state index contributed by atoms with van der Waals surface area (Å²) in [5.41, 5.74) is 15.8. The molecule has 0 unspecified atom stereocenters. The molecule has 0 fully saturated rings. The summed E-state index contributed by atoms with van der Waals surface area (Å²) < 4.78 is 20.1. The molecule has 0 aliphatic carbocycles. The van der Waals surface area contributed by atoms with Gasteiger partial charge >= 0.3 is 0 Å². The summed E-state index contributed by atoms with van der Waals surface area (Å²) in [7, 11) is 0. The number of fused-ring (bicyclic) bond motifs is 9. The number of nitrogens with zero attached hydrogens (tertiary/aromatic N) is 3. The third-order valence-electron chi connectivity index (χ3n) is 24.0. The van der Waals surface area contributed by atoms with Crippen LogP contribution in [0.15, 0.2) is 437 Å². The van der Waals surface area contributed by atoms with Gasteiger partial charge in [-0.2, -0.15) is 0 Å². The average Bonchev–Trinajstić information content (AvgIpc) is 0.775. The molecule has 0 amide bonds. The minimum atomic E-state index is -0.621. The molecular formula is C113H81N3O3. The van der Waals surface area contributed by atoms with Gasteiger partial charge in [-0.15, -0.1) is 0 Å². The number of anilines is 9. The lowest BCUT2D eigenvalue weighted by atomic mass is 9.71. The van der Waals surface area contributed by atoms with Crippen LogP contribution in [0.25, 0.3) is 97.0 Å². The first-order valence-electron chi connectivity index (χ1n) is 40.9. The zero-order valence-electron chi connectivity index (χ0n) is 65.8. The lowest BCUT2D eigenvalue weighted by Crippen LogP contribution is -2.25. The molecule has 0 saturated heterocycles. The van der Waals surface area contributed by atoms with E-state index in [0.717, 1.165) is 102 Å². The normalized spacial score (nSPS) is 11.7. The molecule has 0 spiro atoms. The zero-order chi connectivity index (χ0) is 79.2. The Morgan fingerprint density at radius 3 is 0.655 bits per heavy atom. The molecule has 0 saturated carbocycles. The number of hydrogen-bond donors (Lipinski definition) is 0. The maximum absolute atomic E-state index is 6.71. The quantitative estimate of drug-likeness (QED) is 0.0527. The third kappa shape index (κ3) is 13.7. The van der Waals surface area contributed by atoms with Crippen molar-refractivity contribution in [2.24, 2.45) is 0 Å². The monoisotopic (exact) mass is 1530 g/mol. The Morgan fingerprint density at radius 2 is 0.395 bits per heavy atom. The Hall–Kier alpha value is -15.2. The molecule has 0 bridgehead atoms. The fourth-order valence-electron chi connectivity index (χ4n) is 17.7. The van der Waals surface area contributed by atoms with Crippen molar-refractivity contribution >= 4 is 148 Å². The van der Waals surface area contributed by atoms with E-state index in [1.54, 1.807) is 0 Å². The number of benzene rings is 21. The number of rotatable bonds is 21. The Bertz CT molecular complexity index is 6660. The maximum atomic E-state index is 6.71. The van der Waals surface area contributed by atoms with Crippen LogP contribution in [0.5, 0.6) is 17.2 Å². The van der Waals surface area contributed by atoms with Crippen molar-refractivity contribution in [3.63, 3.8) is 0 Å². The molecule has 0 radical (unpaired) electrons. The summed E-state index contributed by atoms with van der Waals surface area (Å²) in [4.78, 5) is 7.23. The summed E-state index contributed by atoms with van der Waals surface area (Å²) in [6.07, 6.45) is 0. The van der Waals surface area contributed by atoms with Crippen molar-refractivity contribution in [1.29, 1.82) is 0 Å². The largest absolute Gasteiger partial charge is 0.489 e. The molecule has 0 heterocycles. The molecule has 119 heavy (non-hydrogen) atoms. The van der Waals surface area contributed by atoms with Gasteiger partial charge in [-0.1, -0.05) is 291 Å². The van der Waals surface area contributed by atoms with E-state index in [9.17, 15) is 0 Å². The van der Waals surface area contributed by atoms with Crippen molar-refractivity contribution in [2.45, 2.75) is 32.2 Å². The van der Waals surface area contributed by atoms with E-state index in [1.165, 1.54) is 97.0 Å². The van der Waals surface area contributed by atoms with Gasteiger partial charge in [0.15, 0.2) is 0 Å². The predicted molar refractivity (Wildman–Crippen MR) is 499 cm³/mol. The summed E-state index contributed by atoms with van der Waals surface area (Å²) >= 11 is 0. The SMILES string of the molecule is CC(c1ccc(OCc2ccc(N(c3cccc4ccccc34)c3cccc4cc5ccccc5cc34)cc2)cc1)(c1ccc(OCc2ccc(N(c3cccc4ccccc34)c3cccc4cc5ccccc5cc34)cc2)cc1)c1ccc(OCc2ccc(N(c3cccc4ccccc34)c3cccc4cc5ccccc5cc34)cc2)cc1. The lowest BCUT2D eigenvalue weighted by molar-refractivity contribution is 0.306. The first kappa shape index (κ1) is 71.5. The Balaban J connectivity index is 0.563. The fraction of sp³-hybridized carbons (Fsp3) is 0.0442. The zero-order valence-corrected chi connectivity index (χ0v) is 65.8. The van der Waals surface area contributed by atoms with Crippen LogP contribution in [0.1, 0.15) is 40.3 Å². The molecule has 0 aromatic heterocycles. The van der Waals surface area contributed by atoms with Crippen LogP contribution >= 0.6 is 0 Å². The van der Waals surface area contributed by atoms with E-state index < -0.39 is 5.41 Å². The van der Waals surface area contributed by atoms with Crippen molar-refractivity contribution < 1.29 is 14.2 Å². The second-order valence-corrected chi connectivity index (χ2v) is 31.2. The summed E-state index contributed by atoms with van der Waals surface area (Å²) in [5.74, 6) is 2.34. The van der Waals surface area contributed by atoms with Crippen molar-refractivity contribution in [2.75, 3.05) is 14.7 Å². The second-order valence-electron chi connectivity index (χ2n) is 31.2. The van der Waals surface area contributed by atoms with Gasteiger partial charge in [0.1, 0.15) is 37.1 Å². The van der Waals surface area contributed by atoms with E-state index >= 15 is 0 Å². The van der Waals surface area contributed by atoms with Crippen LogP contribution in [0, 0.1) is 0 Å². The highest BCUT2D eigenvalue weighted by Gasteiger charge is 2.32. The van der Waals surface area contributed by atoms with Crippen LogP contribution in [0.4, 0.5) is 51.2 Å². The molecule has 6 heteroatoms. The highest BCUT2D eigenvalue weighted by molar-refractivity contribution is 6.12. The van der Waals surface area contributed by atoms with E-state index in [-0.39, 0.29) is 0 Å². The summed E-state index contributed by atoms with van der Waals surface area (Å²) in [6.45, 7) is 3.48. The lowest BCUT2D eigenvalue weighted by Gasteiger charge is -2.32. The maximum Gasteiger partial charge on any atom is 0.119 e. The van der Waals surface area contributed by atoms with Gasteiger partial charge < -0.3 is 28.9 Å². The molecule has 21 aromatic carbocycles. The van der Waals surface area contributed by atoms with Crippen molar-refractivity contribution in [3.05, 3.63) is 470 Å². The molecule has 21 aromatic rings. The topological polar surface area (TPSA) is 37.4 Å². The Labute approximate surface area is 692 Å². The molecule has 0 aliphatic rings. The standard InChI is InChI=1S/C113H81N3O3/c1-113(92-50-62-98(63-51-92)117-74-77-44-56-95(57-45-77)114(107-38-14-29-80-20-8-11-35-101(80)107)110-41-17-32-89-68-83-23-2-5-26-86(83)71-104(89)110,93-52-64-99(65-53-93)118-75-78-46-58-96(59-47-78)115(108-39-15-30-81-21-9-12-36-102(81)108)111-42-18-33-90-69-84-24-3-6-27-87(84)72-105(90)111)94-54-66-100(67-55-94)119-76-79-48-60-97(61-49-79)116(109-40-16-31-82-22-10-13-37-103(82)109)112-43-19-34-91-70-85-25-4-7-28-88(85)73-106(91)112/h2-73H,74-76H2,1H3. The predicted octanol–water partition coefficient (Wildman–Crippen LogP) is 30.6. The second kappa shape index (κ2) is 30.8. The minimum Gasteiger partial charge on any atom is -0.489 e. The Kier molecular flexibility index (Phi) is 18.5. The molecule has 21 rings (SSSR count). The van der Waals surface area contributed by atoms with Crippen LogP contribution in [0.3, 0.4) is 0 Å². The first-order chi connectivity index (χ1) is 58.8.